The number of hydrogen-bond donors (Lipinski definition) is 0. The van der Waals surface area contributed by atoms with Crippen molar-refractivity contribution in [1.82, 2.24) is 0 Å². The molecule has 0 heterocycles. The molecule has 0 saturated heterocycles. The quantitative estimate of drug-likeness (QED) is 0.529. The Morgan fingerprint density at radius 2 is 0.562 bits per heavy atom. The van der Waals surface area contributed by atoms with Gasteiger partial charge in [-0.15, -0.1) is 0 Å². The van der Waals surface area contributed by atoms with Crippen LogP contribution < -0.4 is 0 Å². The van der Waals surface area contributed by atoms with Gasteiger partial charge in [-0.2, -0.15) is 54.6 Å². The minimum atomic E-state index is 0. The summed E-state index contributed by atoms with van der Waals surface area (Å²) in [5, 5.41) is 0. The molecule has 0 bridgehead atoms. The molecule has 0 spiro atoms. The SMILES string of the molecule is [Dy+3].c1cc[cH-]c1.c1cc[cH-]c1.c1cc[cH-]c1. The van der Waals surface area contributed by atoms with Crippen LogP contribution in [-0.2, 0) is 0 Å². The van der Waals surface area contributed by atoms with E-state index in [1.54, 1.807) is 0 Å². The zero-order valence-corrected chi connectivity index (χ0v) is 11.0. The Morgan fingerprint density at radius 3 is 0.625 bits per heavy atom. The van der Waals surface area contributed by atoms with Gasteiger partial charge in [-0.25, -0.2) is 36.4 Å². The monoisotopic (exact) mass is 359 g/mol. The van der Waals surface area contributed by atoms with E-state index in [9.17, 15) is 0 Å². The van der Waals surface area contributed by atoms with E-state index in [-0.39, 0.29) is 38.2 Å². The summed E-state index contributed by atoms with van der Waals surface area (Å²) in [6.07, 6.45) is 0. The van der Waals surface area contributed by atoms with Crippen molar-refractivity contribution in [1.29, 1.82) is 0 Å². The van der Waals surface area contributed by atoms with Crippen molar-refractivity contribution in [3.8, 4) is 0 Å². The van der Waals surface area contributed by atoms with Crippen LogP contribution in [0.2, 0.25) is 0 Å². The Bertz CT molecular complexity index is 237. The van der Waals surface area contributed by atoms with E-state index in [4.69, 9.17) is 0 Å². The van der Waals surface area contributed by atoms with E-state index < -0.39 is 0 Å². The zero-order valence-electron chi connectivity index (χ0n) is 8.98. The predicted molar refractivity (Wildman–Crippen MR) is 66.1 cm³/mol. The van der Waals surface area contributed by atoms with Gasteiger partial charge in [0.05, 0.1) is 0 Å². The molecule has 0 aliphatic heterocycles. The van der Waals surface area contributed by atoms with Crippen LogP contribution in [0.1, 0.15) is 0 Å². The average molecular weight is 358 g/mol. The van der Waals surface area contributed by atoms with E-state index in [2.05, 4.69) is 0 Å². The molecule has 0 aliphatic carbocycles. The fraction of sp³-hybridized carbons (Fsp3) is 0. The maximum absolute atomic E-state index is 2.00. The summed E-state index contributed by atoms with van der Waals surface area (Å²) >= 11 is 0. The maximum Gasteiger partial charge on any atom is 3.00 e. The second-order valence-electron chi connectivity index (χ2n) is 2.89. The third kappa shape index (κ3) is 9.86. The summed E-state index contributed by atoms with van der Waals surface area (Å²) in [4.78, 5) is 0. The Hall–Kier alpha value is -0.677. The zero-order chi connectivity index (χ0) is 10.6. The Kier molecular flexibility index (Phi) is 11.9. The van der Waals surface area contributed by atoms with Crippen LogP contribution in [0.4, 0.5) is 0 Å². The third-order valence-corrected chi connectivity index (χ3v) is 1.67. The molecule has 1 radical (unpaired) electrons. The smallest absolute Gasteiger partial charge is 0.214 e. The first kappa shape index (κ1) is 15.3. The summed E-state index contributed by atoms with van der Waals surface area (Å²) in [5.41, 5.74) is 0. The van der Waals surface area contributed by atoms with Crippen LogP contribution in [0.25, 0.3) is 0 Å². The fourth-order valence-corrected chi connectivity index (χ4v) is 0.962. The van der Waals surface area contributed by atoms with Crippen LogP contribution in [0.5, 0.6) is 0 Å². The molecule has 0 fully saturated rings. The van der Waals surface area contributed by atoms with Crippen molar-refractivity contribution in [3.63, 3.8) is 0 Å². The standard InChI is InChI=1S/3C5H5.Dy/c3*1-2-4-5-3-1;/h3*1-5H;/q3*-1;+3. The Labute approximate surface area is 128 Å². The second kappa shape index (κ2) is 12.4. The fourth-order valence-electron chi connectivity index (χ4n) is 0.962. The van der Waals surface area contributed by atoms with Gasteiger partial charge in [0.15, 0.2) is 0 Å². The third-order valence-electron chi connectivity index (χ3n) is 1.67. The topological polar surface area (TPSA) is 0 Å². The van der Waals surface area contributed by atoms with E-state index in [1.807, 2.05) is 91.0 Å². The largest absolute Gasteiger partial charge is 3.00 e. The molecule has 0 saturated carbocycles. The van der Waals surface area contributed by atoms with Gasteiger partial charge in [0.25, 0.3) is 0 Å². The molecule has 0 amide bonds. The molecule has 0 aromatic heterocycles. The normalized spacial score (nSPS) is 7.50. The number of hydrogen-bond acceptors (Lipinski definition) is 0. The summed E-state index contributed by atoms with van der Waals surface area (Å²) in [7, 11) is 0. The van der Waals surface area contributed by atoms with E-state index in [1.165, 1.54) is 0 Å². The van der Waals surface area contributed by atoms with Crippen molar-refractivity contribution in [2.24, 2.45) is 0 Å². The molecule has 3 rings (SSSR count). The predicted octanol–water partition coefficient (Wildman–Crippen LogP) is 4.22. The molecule has 1 heteroatoms. The van der Waals surface area contributed by atoms with Gasteiger partial charge in [-0.1, -0.05) is 0 Å². The maximum atomic E-state index is 2.00. The van der Waals surface area contributed by atoms with Crippen molar-refractivity contribution >= 4 is 0 Å². The van der Waals surface area contributed by atoms with Gasteiger partial charge < -0.3 is 0 Å². The van der Waals surface area contributed by atoms with Crippen molar-refractivity contribution in [3.05, 3.63) is 91.0 Å². The van der Waals surface area contributed by atoms with Crippen molar-refractivity contribution in [2.75, 3.05) is 0 Å². The van der Waals surface area contributed by atoms with Crippen LogP contribution in [0.3, 0.4) is 0 Å². The first-order chi connectivity index (χ1) is 7.50. The van der Waals surface area contributed by atoms with E-state index in [0.29, 0.717) is 0 Å². The molecule has 3 aromatic carbocycles. The minimum Gasteiger partial charge on any atom is -0.214 e. The average Bonchev–Trinajstić information content (AvgIpc) is 3.09. The first-order valence-corrected chi connectivity index (χ1v) is 5.00. The second-order valence-corrected chi connectivity index (χ2v) is 2.89. The number of rotatable bonds is 0. The summed E-state index contributed by atoms with van der Waals surface area (Å²) < 4.78 is 0. The first-order valence-electron chi connectivity index (χ1n) is 5.00. The van der Waals surface area contributed by atoms with Gasteiger partial charge in [0.2, 0.25) is 0 Å². The molecule has 0 aliphatic rings. The van der Waals surface area contributed by atoms with Crippen molar-refractivity contribution < 1.29 is 38.2 Å². The summed E-state index contributed by atoms with van der Waals surface area (Å²) in [6.45, 7) is 0. The van der Waals surface area contributed by atoms with Gasteiger partial charge >= 0.3 is 38.2 Å². The molecule has 0 nitrogen and oxygen atoms in total. The van der Waals surface area contributed by atoms with Gasteiger partial charge in [-0.05, 0) is 0 Å². The van der Waals surface area contributed by atoms with E-state index in [0.717, 1.165) is 0 Å². The molecule has 3 aromatic rings. The molecule has 16 heavy (non-hydrogen) atoms. The van der Waals surface area contributed by atoms with Crippen LogP contribution in [0, 0.1) is 38.2 Å². The molecular formula is C15H15Dy. The van der Waals surface area contributed by atoms with Gasteiger partial charge in [0, 0.05) is 0 Å². The van der Waals surface area contributed by atoms with Crippen LogP contribution in [-0.4, -0.2) is 0 Å². The Morgan fingerprint density at radius 1 is 0.375 bits per heavy atom. The molecule has 0 unspecified atom stereocenters. The molecule has 0 N–H and O–H groups in total. The van der Waals surface area contributed by atoms with Gasteiger partial charge in [-0.3, -0.25) is 0 Å². The molecule has 0 atom stereocenters. The van der Waals surface area contributed by atoms with E-state index >= 15 is 0 Å². The van der Waals surface area contributed by atoms with Crippen LogP contribution >= 0.6 is 0 Å². The summed E-state index contributed by atoms with van der Waals surface area (Å²) in [5.74, 6) is 0. The molecule has 85 valence electrons. The van der Waals surface area contributed by atoms with Crippen LogP contribution in [0.15, 0.2) is 91.0 Å². The Balaban J connectivity index is 0.000000205. The molecular weight excluding hydrogens is 343 g/mol. The van der Waals surface area contributed by atoms with Gasteiger partial charge in [0.1, 0.15) is 0 Å². The minimum absolute atomic E-state index is 0. The summed E-state index contributed by atoms with van der Waals surface area (Å²) in [6, 6.07) is 30.0. The van der Waals surface area contributed by atoms with Crippen molar-refractivity contribution in [2.45, 2.75) is 0 Å².